The van der Waals surface area contributed by atoms with Gasteiger partial charge in [-0.15, -0.1) is 0 Å². The van der Waals surface area contributed by atoms with Crippen LogP contribution >= 0.6 is 11.6 Å². The van der Waals surface area contributed by atoms with E-state index in [1.165, 1.54) is 17.0 Å². The van der Waals surface area contributed by atoms with Gasteiger partial charge >= 0.3 is 0 Å². The van der Waals surface area contributed by atoms with Crippen LogP contribution in [-0.4, -0.2) is 36.6 Å². The lowest BCUT2D eigenvalue weighted by Crippen LogP contribution is -2.45. The highest BCUT2D eigenvalue weighted by molar-refractivity contribution is 6.31. The first kappa shape index (κ1) is 12.8. The summed E-state index contributed by atoms with van der Waals surface area (Å²) in [5.74, 6) is -0.842. The minimum atomic E-state index is -0.612. The molecule has 1 unspecified atom stereocenters. The number of nitrogens with zero attached hydrogens (tertiary/aromatic N) is 2. The lowest BCUT2D eigenvalue weighted by Gasteiger charge is -2.29. The van der Waals surface area contributed by atoms with Gasteiger partial charge in [-0.05, 0) is 18.2 Å². The van der Waals surface area contributed by atoms with Crippen LogP contribution in [0.2, 0.25) is 5.02 Å². The minimum absolute atomic E-state index is 0.0917. The zero-order valence-corrected chi connectivity index (χ0v) is 10.2. The second-order valence-corrected chi connectivity index (χ2v) is 4.28. The maximum atomic E-state index is 13.0. The molecule has 0 radical (unpaired) electrons. The van der Waals surface area contributed by atoms with Gasteiger partial charge in [0.25, 0.3) is 5.91 Å². The molecule has 0 aliphatic carbocycles. The summed E-state index contributed by atoms with van der Waals surface area (Å²) in [5, 5.41) is 8.67. The van der Waals surface area contributed by atoms with Gasteiger partial charge in [-0.2, -0.15) is 5.26 Å². The molecular weight excluding hydrogens is 259 g/mol. The number of ether oxygens (including phenoxy) is 1. The fourth-order valence-corrected chi connectivity index (χ4v) is 1.90. The number of benzene rings is 1. The van der Waals surface area contributed by atoms with Gasteiger partial charge in [0.2, 0.25) is 0 Å². The van der Waals surface area contributed by atoms with Crippen LogP contribution in [0.25, 0.3) is 0 Å². The van der Waals surface area contributed by atoms with Gasteiger partial charge < -0.3 is 9.64 Å². The third kappa shape index (κ3) is 2.61. The molecule has 1 amide bonds. The van der Waals surface area contributed by atoms with Crippen molar-refractivity contribution >= 4 is 17.5 Å². The molecule has 6 heteroatoms. The van der Waals surface area contributed by atoms with Crippen molar-refractivity contribution in [1.29, 1.82) is 5.26 Å². The molecule has 1 aliphatic heterocycles. The molecule has 0 spiro atoms. The predicted molar refractivity (Wildman–Crippen MR) is 62.7 cm³/mol. The van der Waals surface area contributed by atoms with E-state index in [9.17, 15) is 9.18 Å². The van der Waals surface area contributed by atoms with Gasteiger partial charge in [-0.1, -0.05) is 11.6 Å². The van der Waals surface area contributed by atoms with E-state index in [0.29, 0.717) is 18.7 Å². The zero-order valence-electron chi connectivity index (χ0n) is 9.40. The monoisotopic (exact) mass is 268 g/mol. The van der Waals surface area contributed by atoms with Crippen LogP contribution in [0.5, 0.6) is 0 Å². The van der Waals surface area contributed by atoms with Crippen LogP contribution in [0.15, 0.2) is 18.2 Å². The third-order valence-corrected chi connectivity index (χ3v) is 2.95. The smallest absolute Gasteiger partial charge is 0.254 e. The normalized spacial score (nSPS) is 19.4. The van der Waals surface area contributed by atoms with Gasteiger partial charge in [0.1, 0.15) is 5.82 Å². The van der Waals surface area contributed by atoms with Crippen molar-refractivity contribution in [3.05, 3.63) is 34.6 Å². The molecule has 94 valence electrons. The lowest BCUT2D eigenvalue weighted by molar-refractivity contribution is 0.00346. The average molecular weight is 269 g/mol. The highest BCUT2D eigenvalue weighted by Crippen LogP contribution is 2.18. The topological polar surface area (TPSA) is 53.3 Å². The fraction of sp³-hybridized carbons (Fsp3) is 0.333. The SMILES string of the molecule is N#CC1CN(C(=O)c2ccc(F)c(Cl)c2)CCO1. The molecule has 1 aliphatic rings. The van der Waals surface area contributed by atoms with Gasteiger partial charge in [0, 0.05) is 12.1 Å². The Balaban J connectivity index is 2.15. The number of amides is 1. The first-order valence-corrected chi connectivity index (χ1v) is 5.75. The van der Waals surface area contributed by atoms with Crippen LogP contribution in [-0.2, 0) is 4.74 Å². The third-order valence-electron chi connectivity index (χ3n) is 2.66. The molecule has 0 saturated carbocycles. The second-order valence-electron chi connectivity index (χ2n) is 3.87. The van der Waals surface area contributed by atoms with E-state index in [-0.39, 0.29) is 17.5 Å². The molecule has 0 bridgehead atoms. The van der Waals surface area contributed by atoms with Gasteiger partial charge in [-0.3, -0.25) is 4.79 Å². The summed E-state index contributed by atoms with van der Waals surface area (Å²) in [6.45, 7) is 0.940. The lowest BCUT2D eigenvalue weighted by atomic mass is 10.1. The Morgan fingerprint density at radius 3 is 3.06 bits per heavy atom. The Hall–Kier alpha value is -1.64. The first-order chi connectivity index (χ1) is 8.61. The molecule has 2 rings (SSSR count). The van der Waals surface area contributed by atoms with E-state index < -0.39 is 11.9 Å². The van der Waals surface area contributed by atoms with Gasteiger partial charge in [0.05, 0.1) is 24.2 Å². The molecule has 0 N–H and O–H groups in total. The van der Waals surface area contributed by atoms with Crippen LogP contribution in [0, 0.1) is 17.1 Å². The van der Waals surface area contributed by atoms with Crippen molar-refractivity contribution in [2.45, 2.75) is 6.10 Å². The summed E-state index contributed by atoms with van der Waals surface area (Å²) < 4.78 is 18.1. The average Bonchev–Trinajstić information content (AvgIpc) is 2.41. The van der Waals surface area contributed by atoms with Gasteiger partial charge in [-0.25, -0.2) is 4.39 Å². The maximum absolute atomic E-state index is 13.0. The summed E-state index contributed by atoms with van der Waals surface area (Å²) in [7, 11) is 0. The van der Waals surface area contributed by atoms with Crippen molar-refractivity contribution in [2.75, 3.05) is 19.7 Å². The summed E-state index contributed by atoms with van der Waals surface area (Å²) in [6.07, 6.45) is -0.612. The maximum Gasteiger partial charge on any atom is 0.254 e. The van der Waals surface area contributed by atoms with Crippen molar-refractivity contribution in [3.8, 4) is 6.07 Å². The Bertz CT molecular complexity index is 515. The number of nitriles is 1. The number of carbonyl (C=O) groups excluding carboxylic acids is 1. The van der Waals surface area contributed by atoms with Crippen molar-refractivity contribution in [2.24, 2.45) is 0 Å². The Labute approximate surface area is 109 Å². The van der Waals surface area contributed by atoms with E-state index in [1.54, 1.807) is 0 Å². The summed E-state index contributed by atoms with van der Waals surface area (Å²) in [4.78, 5) is 13.6. The predicted octanol–water partition coefficient (Wildman–Crippen LogP) is 1.84. The van der Waals surface area contributed by atoms with Crippen molar-refractivity contribution in [1.82, 2.24) is 4.90 Å². The highest BCUT2D eigenvalue weighted by atomic mass is 35.5. The Morgan fingerprint density at radius 1 is 1.61 bits per heavy atom. The minimum Gasteiger partial charge on any atom is -0.360 e. The van der Waals surface area contributed by atoms with Crippen LogP contribution in [0.4, 0.5) is 4.39 Å². The molecular formula is C12H10ClFN2O2. The summed E-state index contributed by atoms with van der Waals surface area (Å²) >= 11 is 5.63. The standard InChI is InChI=1S/C12H10ClFN2O2/c13-10-5-8(1-2-11(10)14)12(17)16-3-4-18-9(6-15)7-16/h1-2,5,9H,3-4,7H2. The van der Waals surface area contributed by atoms with E-state index in [0.717, 1.165) is 6.07 Å². The molecule has 4 nitrogen and oxygen atoms in total. The zero-order chi connectivity index (χ0) is 13.1. The molecule has 1 aromatic rings. The van der Waals surface area contributed by atoms with Crippen LogP contribution < -0.4 is 0 Å². The number of carbonyl (C=O) groups is 1. The largest absolute Gasteiger partial charge is 0.360 e. The summed E-state index contributed by atoms with van der Waals surface area (Å²) in [6, 6.07) is 5.77. The van der Waals surface area contributed by atoms with E-state index in [2.05, 4.69) is 0 Å². The highest BCUT2D eigenvalue weighted by Gasteiger charge is 2.25. The van der Waals surface area contributed by atoms with E-state index in [1.807, 2.05) is 6.07 Å². The number of halogens is 2. The Kier molecular flexibility index (Phi) is 3.80. The van der Waals surface area contributed by atoms with Crippen LogP contribution in [0.3, 0.4) is 0 Å². The van der Waals surface area contributed by atoms with E-state index >= 15 is 0 Å². The molecule has 1 heterocycles. The van der Waals surface area contributed by atoms with Crippen molar-refractivity contribution < 1.29 is 13.9 Å². The molecule has 1 saturated heterocycles. The molecule has 1 atom stereocenters. The summed E-state index contributed by atoms with van der Waals surface area (Å²) in [5.41, 5.74) is 0.306. The fourth-order valence-electron chi connectivity index (χ4n) is 1.72. The number of morpholine rings is 1. The number of rotatable bonds is 1. The van der Waals surface area contributed by atoms with Crippen molar-refractivity contribution in [3.63, 3.8) is 0 Å². The quantitative estimate of drug-likeness (QED) is 0.781. The van der Waals surface area contributed by atoms with Crippen LogP contribution in [0.1, 0.15) is 10.4 Å². The molecule has 18 heavy (non-hydrogen) atoms. The second kappa shape index (κ2) is 5.34. The molecule has 1 aromatic carbocycles. The number of hydrogen-bond donors (Lipinski definition) is 0. The molecule has 0 aromatic heterocycles. The Morgan fingerprint density at radius 2 is 2.39 bits per heavy atom. The number of hydrogen-bond acceptors (Lipinski definition) is 3. The van der Waals surface area contributed by atoms with Gasteiger partial charge in [0.15, 0.2) is 6.10 Å². The van der Waals surface area contributed by atoms with E-state index in [4.69, 9.17) is 21.6 Å². The first-order valence-electron chi connectivity index (χ1n) is 5.37. The molecule has 1 fully saturated rings.